The molecule has 0 amide bonds. The Labute approximate surface area is 108 Å². The highest BCUT2D eigenvalue weighted by Gasteiger charge is 2.17. The van der Waals surface area contributed by atoms with Gasteiger partial charge >= 0.3 is 0 Å². The van der Waals surface area contributed by atoms with Gasteiger partial charge in [-0.25, -0.2) is 0 Å². The highest BCUT2D eigenvalue weighted by atomic mass is 16.5. The molecule has 1 unspecified atom stereocenters. The van der Waals surface area contributed by atoms with Gasteiger partial charge in [-0.2, -0.15) is 5.10 Å². The lowest BCUT2D eigenvalue weighted by atomic mass is 10.3. The molecule has 1 heterocycles. The molecule has 1 aliphatic rings. The fourth-order valence-electron chi connectivity index (χ4n) is 2.36. The third-order valence-corrected chi connectivity index (χ3v) is 3.37. The van der Waals surface area contributed by atoms with Crippen LogP contribution in [-0.2, 0) is 11.8 Å². The van der Waals surface area contributed by atoms with Crippen LogP contribution in [0.3, 0.4) is 0 Å². The molecule has 5 heteroatoms. The molecule has 0 bridgehead atoms. The van der Waals surface area contributed by atoms with Gasteiger partial charge in [-0.15, -0.1) is 0 Å². The van der Waals surface area contributed by atoms with E-state index in [-0.39, 0.29) is 0 Å². The fraction of sp³-hybridized carbons (Fsp3) is 0.769. The van der Waals surface area contributed by atoms with Crippen LogP contribution in [0.1, 0.15) is 31.4 Å². The van der Waals surface area contributed by atoms with Crippen molar-refractivity contribution >= 4 is 5.69 Å². The summed E-state index contributed by atoms with van der Waals surface area (Å²) in [6.45, 7) is 2.86. The van der Waals surface area contributed by atoms with Crippen molar-refractivity contribution in [3.63, 3.8) is 0 Å². The Bertz CT molecular complexity index is 372. The monoisotopic (exact) mass is 253 g/mol. The Morgan fingerprint density at radius 1 is 1.56 bits per heavy atom. The second-order valence-electron chi connectivity index (χ2n) is 5.08. The summed E-state index contributed by atoms with van der Waals surface area (Å²) in [7, 11) is 1.89. The van der Waals surface area contributed by atoms with Crippen molar-refractivity contribution in [3.8, 4) is 0 Å². The van der Waals surface area contributed by atoms with E-state index in [9.17, 15) is 5.11 Å². The van der Waals surface area contributed by atoms with Crippen molar-refractivity contribution in [1.82, 2.24) is 9.78 Å². The minimum Gasteiger partial charge on any atom is -0.389 e. The average molecular weight is 253 g/mol. The maximum absolute atomic E-state index is 9.85. The SMILES string of the molecule is Cc1nn(C)cc1NCC(O)COC1CCCC1. The van der Waals surface area contributed by atoms with Crippen molar-refractivity contribution in [1.29, 1.82) is 0 Å². The summed E-state index contributed by atoms with van der Waals surface area (Å²) in [4.78, 5) is 0. The topological polar surface area (TPSA) is 59.3 Å². The van der Waals surface area contributed by atoms with Gasteiger partial charge in [0, 0.05) is 19.8 Å². The lowest BCUT2D eigenvalue weighted by molar-refractivity contribution is -0.00117. The molecule has 5 nitrogen and oxygen atoms in total. The minimum atomic E-state index is -0.467. The number of hydrogen-bond acceptors (Lipinski definition) is 4. The van der Waals surface area contributed by atoms with Gasteiger partial charge in [0.15, 0.2) is 0 Å². The van der Waals surface area contributed by atoms with E-state index < -0.39 is 6.10 Å². The van der Waals surface area contributed by atoms with Crippen LogP contribution in [0, 0.1) is 6.92 Å². The fourth-order valence-corrected chi connectivity index (χ4v) is 2.36. The van der Waals surface area contributed by atoms with E-state index in [1.165, 1.54) is 12.8 Å². The largest absolute Gasteiger partial charge is 0.389 e. The zero-order chi connectivity index (χ0) is 13.0. The molecule has 18 heavy (non-hydrogen) atoms. The lowest BCUT2D eigenvalue weighted by Crippen LogP contribution is -2.27. The normalized spacial score (nSPS) is 18.2. The second-order valence-corrected chi connectivity index (χ2v) is 5.08. The molecule has 0 radical (unpaired) electrons. The molecule has 2 N–H and O–H groups in total. The van der Waals surface area contributed by atoms with E-state index in [1.807, 2.05) is 20.2 Å². The van der Waals surface area contributed by atoms with Crippen molar-refractivity contribution in [2.24, 2.45) is 7.05 Å². The number of nitrogens with zero attached hydrogens (tertiary/aromatic N) is 2. The maximum atomic E-state index is 9.85. The van der Waals surface area contributed by atoms with Crippen molar-refractivity contribution in [2.75, 3.05) is 18.5 Å². The number of aliphatic hydroxyl groups excluding tert-OH is 1. The number of anilines is 1. The third-order valence-electron chi connectivity index (χ3n) is 3.37. The lowest BCUT2D eigenvalue weighted by Gasteiger charge is -2.16. The third kappa shape index (κ3) is 3.71. The molecule has 1 saturated carbocycles. The quantitative estimate of drug-likeness (QED) is 0.806. The van der Waals surface area contributed by atoms with Gasteiger partial charge in [0.05, 0.1) is 30.2 Å². The van der Waals surface area contributed by atoms with E-state index in [4.69, 9.17) is 4.74 Å². The number of rotatable bonds is 6. The molecule has 0 aromatic carbocycles. The zero-order valence-corrected chi connectivity index (χ0v) is 11.2. The van der Waals surface area contributed by atoms with Gasteiger partial charge in [0.1, 0.15) is 0 Å². The number of aliphatic hydroxyl groups is 1. The predicted octanol–water partition coefficient (Wildman–Crippen LogP) is 1.46. The van der Waals surface area contributed by atoms with Gasteiger partial charge in [0.2, 0.25) is 0 Å². The van der Waals surface area contributed by atoms with Gasteiger partial charge in [-0.3, -0.25) is 4.68 Å². The van der Waals surface area contributed by atoms with E-state index in [0.717, 1.165) is 24.2 Å². The highest BCUT2D eigenvalue weighted by molar-refractivity contribution is 5.45. The molecule has 1 aliphatic carbocycles. The van der Waals surface area contributed by atoms with E-state index in [0.29, 0.717) is 19.3 Å². The van der Waals surface area contributed by atoms with Gasteiger partial charge in [-0.05, 0) is 19.8 Å². The second kappa shape index (κ2) is 6.20. The highest BCUT2D eigenvalue weighted by Crippen LogP contribution is 2.21. The molecular weight excluding hydrogens is 230 g/mol. The summed E-state index contributed by atoms with van der Waals surface area (Å²) < 4.78 is 7.44. The number of ether oxygens (including phenoxy) is 1. The van der Waals surface area contributed by atoms with Gasteiger partial charge in [-0.1, -0.05) is 12.8 Å². The molecule has 102 valence electrons. The van der Waals surface area contributed by atoms with Gasteiger partial charge < -0.3 is 15.2 Å². The van der Waals surface area contributed by atoms with Crippen LogP contribution in [0.4, 0.5) is 5.69 Å². The van der Waals surface area contributed by atoms with Crippen molar-refractivity contribution in [3.05, 3.63) is 11.9 Å². The van der Waals surface area contributed by atoms with Crippen LogP contribution < -0.4 is 5.32 Å². The smallest absolute Gasteiger partial charge is 0.0945 e. The number of hydrogen-bond donors (Lipinski definition) is 2. The molecule has 2 rings (SSSR count). The number of aryl methyl sites for hydroxylation is 2. The van der Waals surface area contributed by atoms with E-state index in [1.54, 1.807) is 4.68 Å². The first-order valence-electron chi connectivity index (χ1n) is 6.69. The Hall–Kier alpha value is -1.07. The van der Waals surface area contributed by atoms with Crippen molar-refractivity contribution < 1.29 is 9.84 Å². The van der Waals surface area contributed by atoms with Gasteiger partial charge in [0.25, 0.3) is 0 Å². The van der Waals surface area contributed by atoms with Crippen LogP contribution in [0.2, 0.25) is 0 Å². The van der Waals surface area contributed by atoms with Crippen LogP contribution >= 0.6 is 0 Å². The molecule has 0 spiro atoms. The predicted molar refractivity (Wildman–Crippen MR) is 70.6 cm³/mol. The first-order chi connectivity index (χ1) is 8.65. The standard InChI is InChI=1S/C13H23N3O2/c1-10-13(8-16(2)15-10)14-7-11(17)9-18-12-5-3-4-6-12/h8,11-12,14,17H,3-7,9H2,1-2H3. The molecule has 1 fully saturated rings. The minimum absolute atomic E-state index is 0.361. The van der Waals surface area contributed by atoms with Crippen molar-refractivity contribution in [2.45, 2.75) is 44.8 Å². The molecule has 1 atom stereocenters. The Morgan fingerprint density at radius 2 is 2.28 bits per heavy atom. The molecule has 0 aliphatic heterocycles. The summed E-state index contributed by atoms with van der Waals surface area (Å²) in [5.74, 6) is 0. The maximum Gasteiger partial charge on any atom is 0.0945 e. The molecule has 0 saturated heterocycles. The van der Waals surface area contributed by atoms with E-state index in [2.05, 4.69) is 10.4 Å². The number of aromatic nitrogens is 2. The number of nitrogens with one attached hydrogen (secondary N) is 1. The summed E-state index contributed by atoms with van der Waals surface area (Å²) >= 11 is 0. The Morgan fingerprint density at radius 3 is 2.89 bits per heavy atom. The Kier molecular flexibility index (Phi) is 4.60. The molecular formula is C13H23N3O2. The van der Waals surface area contributed by atoms with Crippen LogP contribution in [-0.4, -0.2) is 40.2 Å². The van der Waals surface area contributed by atoms with Crippen LogP contribution in [0.25, 0.3) is 0 Å². The van der Waals surface area contributed by atoms with E-state index >= 15 is 0 Å². The van der Waals surface area contributed by atoms with Crippen LogP contribution in [0.5, 0.6) is 0 Å². The first-order valence-corrected chi connectivity index (χ1v) is 6.69. The molecule has 1 aromatic heterocycles. The molecule has 1 aromatic rings. The summed E-state index contributed by atoms with van der Waals surface area (Å²) in [5, 5.41) is 17.3. The zero-order valence-electron chi connectivity index (χ0n) is 11.2. The van der Waals surface area contributed by atoms with Crippen LogP contribution in [0.15, 0.2) is 6.20 Å². The summed E-state index contributed by atoms with van der Waals surface area (Å²) in [5.41, 5.74) is 1.92. The average Bonchev–Trinajstić information content (AvgIpc) is 2.94. The summed E-state index contributed by atoms with van der Waals surface area (Å²) in [6, 6.07) is 0. The first kappa shape index (κ1) is 13.4. The Balaban J connectivity index is 1.67. The summed E-state index contributed by atoms with van der Waals surface area (Å²) in [6.07, 6.45) is 6.61.